The van der Waals surface area contributed by atoms with Crippen LogP contribution in [0.1, 0.15) is 42.9 Å². The Bertz CT molecular complexity index is 1300. The highest BCUT2D eigenvalue weighted by atomic mass is 16.5. The zero-order valence-corrected chi connectivity index (χ0v) is 22.7. The molecule has 0 fully saturated rings. The molecule has 0 spiro atoms. The molecular formula is C33H34O7. The first-order valence-corrected chi connectivity index (χ1v) is 13.1. The van der Waals surface area contributed by atoms with E-state index < -0.39 is 12.1 Å². The summed E-state index contributed by atoms with van der Waals surface area (Å²) in [4.78, 5) is 36.1. The number of carbonyl (C=O) groups is 3. The van der Waals surface area contributed by atoms with E-state index in [-0.39, 0.29) is 31.2 Å². The molecule has 0 amide bonds. The summed E-state index contributed by atoms with van der Waals surface area (Å²) >= 11 is 0. The van der Waals surface area contributed by atoms with Crippen LogP contribution in [0.5, 0.6) is 17.2 Å². The van der Waals surface area contributed by atoms with Crippen molar-refractivity contribution in [1.82, 2.24) is 0 Å². The molecule has 0 saturated heterocycles. The Morgan fingerprint density at radius 2 is 1.80 bits per heavy atom. The molecule has 0 N–H and O–H groups in total. The number of hydrogen-bond acceptors (Lipinski definition) is 7. The van der Waals surface area contributed by atoms with Crippen molar-refractivity contribution in [2.24, 2.45) is 0 Å². The molecule has 2 aromatic rings. The van der Waals surface area contributed by atoms with Gasteiger partial charge in [0.15, 0.2) is 12.4 Å². The Kier molecular flexibility index (Phi) is 11.3. The highest BCUT2D eigenvalue weighted by Gasteiger charge is 2.18. The molecule has 0 radical (unpaired) electrons. The fourth-order valence-corrected chi connectivity index (χ4v) is 4.01. The lowest BCUT2D eigenvalue weighted by Crippen LogP contribution is -2.17. The van der Waals surface area contributed by atoms with Gasteiger partial charge in [0.25, 0.3) is 0 Å². The van der Waals surface area contributed by atoms with E-state index in [4.69, 9.17) is 18.9 Å². The van der Waals surface area contributed by atoms with Gasteiger partial charge in [-0.25, -0.2) is 0 Å². The van der Waals surface area contributed by atoms with Crippen LogP contribution in [0.4, 0.5) is 0 Å². The van der Waals surface area contributed by atoms with Gasteiger partial charge in [-0.2, -0.15) is 0 Å². The largest absolute Gasteiger partial charge is 0.485 e. The number of hydrogen-bond donors (Lipinski definition) is 0. The van der Waals surface area contributed by atoms with E-state index >= 15 is 0 Å². The predicted octanol–water partition coefficient (Wildman–Crippen LogP) is 6.27. The molecule has 1 atom stereocenters. The van der Waals surface area contributed by atoms with Crippen molar-refractivity contribution in [3.8, 4) is 17.2 Å². The maximum atomic E-state index is 12.6. The topological polar surface area (TPSA) is 88.1 Å². The van der Waals surface area contributed by atoms with Gasteiger partial charge < -0.3 is 18.9 Å². The van der Waals surface area contributed by atoms with Crippen LogP contribution in [0.25, 0.3) is 5.57 Å². The van der Waals surface area contributed by atoms with E-state index in [2.05, 4.69) is 19.7 Å². The molecule has 0 aromatic heterocycles. The van der Waals surface area contributed by atoms with E-state index in [1.165, 1.54) is 12.3 Å². The van der Waals surface area contributed by atoms with Crippen molar-refractivity contribution in [3.63, 3.8) is 0 Å². The second-order valence-electron chi connectivity index (χ2n) is 8.99. The number of ether oxygens (including phenoxy) is 4. The van der Waals surface area contributed by atoms with Gasteiger partial charge in [0, 0.05) is 30.9 Å². The molecule has 0 saturated carbocycles. The molecule has 7 nitrogen and oxygen atoms in total. The predicted molar refractivity (Wildman–Crippen MR) is 154 cm³/mol. The quantitative estimate of drug-likeness (QED) is 0.0861. The molecule has 7 heteroatoms. The highest BCUT2D eigenvalue weighted by Crippen LogP contribution is 2.34. The molecule has 0 aliphatic heterocycles. The summed E-state index contributed by atoms with van der Waals surface area (Å²) in [6, 6.07) is 10.9. The lowest BCUT2D eigenvalue weighted by molar-refractivity contribution is -0.146. The Balaban J connectivity index is 1.63. The summed E-state index contributed by atoms with van der Waals surface area (Å²) in [7, 11) is 0. The summed E-state index contributed by atoms with van der Waals surface area (Å²) in [5, 5.41) is 0. The van der Waals surface area contributed by atoms with Gasteiger partial charge in [0.05, 0.1) is 6.26 Å². The summed E-state index contributed by atoms with van der Waals surface area (Å²) in [5.74, 6) is 0.413. The van der Waals surface area contributed by atoms with Gasteiger partial charge in [-0.1, -0.05) is 44.4 Å². The smallest absolute Gasteiger partial charge is 0.310 e. The van der Waals surface area contributed by atoms with Crippen LogP contribution in [0.15, 0.2) is 92.8 Å². The SMILES string of the molecule is C=CCc1cc(CCC(=O)OC2C=CC(c3ccc(OCC(=O)C=C)cc3OC(=O)CC)=CC2)cc(OC=C)c1. The summed E-state index contributed by atoms with van der Waals surface area (Å²) in [6.45, 7) is 12.3. The van der Waals surface area contributed by atoms with Crippen molar-refractivity contribution in [1.29, 1.82) is 0 Å². The third-order valence-corrected chi connectivity index (χ3v) is 5.97. The fourth-order valence-electron chi connectivity index (χ4n) is 4.01. The van der Waals surface area contributed by atoms with Gasteiger partial charge in [-0.05, 0) is 66.0 Å². The third kappa shape index (κ3) is 8.98. The minimum Gasteiger partial charge on any atom is -0.485 e. The van der Waals surface area contributed by atoms with Crippen LogP contribution in [0.3, 0.4) is 0 Å². The number of aryl methyl sites for hydroxylation is 1. The third-order valence-electron chi connectivity index (χ3n) is 5.97. The normalized spacial score (nSPS) is 13.9. The Hall–Kier alpha value is -4.65. The van der Waals surface area contributed by atoms with Crippen molar-refractivity contribution >= 4 is 23.3 Å². The van der Waals surface area contributed by atoms with E-state index in [0.29, 0.717) is 42.1 Å². The van der Waals surface area contributed by atoms with Crippen LogP contribution in [-0.4, -0.2) is 30.4 Å². The zero-order valence-electron chi connectivity index (χ0n) is 22.7. The standard InChI is InChI=1S/C33H34O7/c1-5-9-23-18-24(20-29(19-23)37-8-4)10-17-33(36)39-27-13-11-25(12-14-27)30-16-15-28(38-22-26(34)6-2)21-31(30)40-32(35)7-3/h5-6,8,11-13,15-16,18-21,27H,1-2,4,7,9-10,14,17,22H2,3H3. The highest BCUT2D eigenvalue weighted by molar-refractivity contribution is 5.90. The number of esters is 2. The minimum atomic E-state index is -0.405. The first kappa shape index (κ1) is 29.9. The van der Waals surface area contributed by atoms with Gasteiger partial charge >= 0.3 is 11.9 Å². The average molecular weight is 543 g/mol. The Labute approximate surface area is 235 Å². The lowest BCUT2D eigenvalue weighted by atomic mass is 9.97. The first-order valence-electron chi connectivity index (χ1n) is 13.1. The maximum Gasteiger partial charge on any atom is 0.310 e. The monoisotopic (exact) mass is 542 g/mol. The molecular weight excluding hydrogens is 508 g/mol. The molecule has 1 aliphatic rings. The number of benzene rings is 2. The van der Waals surface area contributed by atoms with Crippen molar-refractivity contribution in [2.45, 2.75) is 45.1 Å². The number of ketones is 1. The van der Waals surface area contributed by atoms with Crippen LogP contribution in [-0.2, 0) is 32.0 Å². The van der Waals surface area contributed by atoms with Crippen molar-refractivity contribution in [3.05, 3.63) is 109 Å². The van der Waals surface area contributed by atoms with E-state index in [0.717, 1.165) is 16.7 Å². The summed E-state index contributed by atoms with van der Waals surface area (Å²) in [5.41, 5.74) is 3.50. The van der Waals surface area contributed by atoms with Crippen molar-refractivity contribution in [2.75, 3.05) is 6.61 Å². The van der Waals surface area contributed by atoms with E-state index in [9.17, 15) is 14.4 Å². The zero-order chi connectivity index (χ0) is 28.9. The van der Waals surface area contributed by atoms with Crippen LogP contribution in [0, 0.1) is 0 Å². The molecule has 40 heavy (non-hydrogen) atoms. The second-order valence-corrected chi connectivity index (χ2v) is 8.99. The minimum absolute atomic E-state index is 0.163. The summed E-state index contributed by atoms with van der Waals surface area (Å²) in [6.07, 6.45) is 11.6. The molecule has 1 unspecified atom stereocenters. The number of carbonyl (C=O) groups excluding carboxylic acids is 3. The van der Waals surface area contributed by atoms with Gasteiger partial charge in [-0.15, -0.1) is 6.58 Å². The second kappa shape index (κ2) is 15.1. The van der Waals surface area contributed by atoms with Gasteiger partial charge in [0.1, 0.15) is 23.4 Å². The van der Waals surface area contributed by atoms with E-state index in [1.807, 2.05) is 42.5 Å². The molecule has 2 aromatic carbocycles. The average Bonchev–Trinajstić information content (AvgIpc) is 2.95. The van der Waals surface area contributed by atoms with E-state index in [1.54, 1.807) is 25.1 Å². The Morgan fingerprint density at radius 3 is 2.48 bits per heavy atom. The number of rotatable bonds is 15. The molecule has 0 heterocycles. The maximum absolute atomic E-state index is 12.6. The van der Waals surface area contributed by atoms with Gasteiger partial charge in [0.2, 0.25) is 0 Å². The fraction of sp³-hybridized carbons (Fsp3) is 0.242. The van der Waals surface area contributed by atoms with Crippen LogP contribution in [0.2, 0.25) is 0 Å². The summed E-state index contributed by atoms with van der Waals surface area (Å²) < 4.78 is 22.1. The van der Waals surface area contributed by atoms with Crippen molar-refractivity contribution < 1.29 is 33.3 Å². The van der Waals surface area contributed by atoms with Crippen LogP contribution < -0.4 is 14.2 Å². The Morgan fingerprint density at radius 1 is 1.00 bits per heavy atom. The molecule has 208 valence electrons. The molecule has 0 bridgehead atoms. The molecule has 1 aliphatic carbocycles. The van der Waals surface area contributed by atoms with Crippen LogP contribution >= 0.6 is 0 Å². The first-order chi connectivity index (χ1) is 19.3. The molecule has 3 rings (SSSR count). The number of allylic oxidation sites excluding steroid dienone is 3. The lowest BCUT2D eigenvalue weighted by Gasteiger charge is -2.19. The van der Waals surface area contributed by atoms with Gasteiger partial charge in [-0.3, -0.25) is 14.4 Å².